The molecule has 0 saturated carbocycles. The van der Waals surface area contributed by atoms with Gasteiger partial charge in [0.15, 0.2) is 23.3 Å². The summed E-state index contributed by atoms with van der Waals surface area (Å²) in [5.41, 5.74) is -0.472. The maximum atomic E-state index is 13.4. The summed E-state index contributed by atoms with van der Waals surface area (Å²) in [6.45, 7) is -0.117. The first kappa shape index (κ1) is 14.1. The number of nitrogens with zero attached hydrogens (tertiary/aromatic N) is 1. The zero-order valence-corrected chi connectivity index (χ0v) is 10.4. The molecule has 0 aliphatic carbocycles. The van der Waals surface area contributed by atoms with E-state index in [2.05, 4.69) is 10.3 Å². The van der Waals surface area contributed by atoms with Crippen molar-refractivity contribution in [3.63, 3.8) is 0 Å². The number of pyridine rings is 1. The van der Waals surface area contributed by atoms with E-state index in [4.69, 9.17) is 4.74 Å². The van der Waals surface area contributed by atoms with E-state index < -0.39 is 29.0 Å². The van der Waals surface area contributed by atoms with Gasteiger partial charge in [0.05, 0.1) is 19.3 Å². The second-order valence-corrected chi connectivity index (χ2v) is 3.87. The fourth-order valence-corrected chi connectivity index (χ4v) is 1.58. The van der Waals surface area contributed by atoms with Crippen LogP contribution in [0.4, 0.5) is 23.2 Å². The first-order valence-corrected chi connectivity index (χ1v) is 5.59. The summed E-state index contributed by atoms with van der Waals surface area (Å²) in [5.74, 6) is -5.58. The van der Waals surface area contributed by atoms with Gasteiger partial charge >= 0.3 is 0 Å². The van der Waals surface area contributed by atoms with Crippen molar-refractivity contribution in [3.8, 4) is 5.88 Å². The molecule has 0 aliphatic heterocycles. The molecule has 20 heavy (non-hydrogen) atoms. The third-order valence-corrected chi connectivity index (χ3v) is 2.55. The van der Waals surface area contributed by atoms with Crippen LogP contribution in [0.5, 0.6) is 5.88 Å². The molecule has 0 atom stereocenters. The molecule has 1 N–H and O–H groups in total. The van der Waals surface area contributed by atoms with Crippen LogP contribution in [0.1, 0.15) is 5.69 Å². The molecule has 2 aromatic rings. The van der Waals surface area contributed by atoms with Gasteiger partial charge in [0.1, 0.15) is 5.69 Å². The van der Waals surface area contributed by atoms with Crippen LogP contribution >= 0.6 is 0 Å². The molecule has 0 aliphatic rings. The number of benzene rings is 1. The fraction of sp³-hybridized carbons (Fsp3) is 0.154. The lowest BCUT2D eigenvalue weighted by atomic mass is 10.2. The van der Waals surface area contributed by atoms with E-state index in [9.17, 15) is 17.6 Å². The Morgan fingerprint density at radius 3 is 2.35 bits per heavy atom. The summed E-state index contributed by atoms with van der Waals surface area (Å²) < 4.78 is 57.7. The Morgan fingerprint density at radius 2 is 1.75 bits per heavy atom. The molecule has 3 nitrogen and oxygen atoms in total. The molecule has 0 spiro atoms. The monoisotopic (exact) mass is 286 g/mol. The number of nitrogens with one attached hydrogen (secondary N) is 1. The van der Waals surface area contributed by atoms with E-state index in [1.807, 2.05) is 0 Å². The van der Waals surface area contributed by atoms with Crippen LogP contribution in [0, 0.1) is 23.3 Å². The zero-order valence-electron chi connectivity index (χ0n) is 10.4. The second kappa shape index (κ2) is 5.77. The topological polar surface area (TPSA) is 34.1 Å². The molecule has 2 rings (SSSR count). The minimum Gasteiger partial charge on any atom is -0.481 e. The number of halogens is 4. The fourth-order valence-electron chi connectivity index (χ4n) is 1.58. The molecule has 0 saturated heterocycles. The van der Waals surface area contributed by atoms with Gasteiger partial charge < -0.3 is 10.1 Å². The third-order valence-electron chi connectivity index (χ3n) is 2.55. The summed E-state index contributed by atoms with van der Waals surface area (Å²) in [4.78, 5) is 3.99. The van der Waals surface area contributed by atoms with Crippen LogP contribution in [0.25, 0.3) is 0 Å². The van der Waals surface area contributed by atoms with Gasteiger partial charge in [-0.25, -0.2) is 22.5 Å². The Hall–Kier alpha value is -2.31. The van der Waals surface area contributed by atoms with E-state index in [0.717, 1.165) is 0 Å². The van der Waals surface area contributed by atoms with Gasteiger partial charge in [0.25, 0.3) is 0 Å². The molecule has 0 radical (unpaired) electrons. The quantitative estimate of drug-likeness (QED) is 0.692. The van der Waals surface area contributed by atoms with E-state index in [1.54, 1.807) is 18.2 Å². The lowest BCUT2D eigenvalue weighted by molar-refractivity contribution is 0.396. The Labute approximate surface area is 112 Å². The Balaban J connectivity index is 2.22. The molecule has 1 heterocycles. The van der Waals surface area contributed by atoms with Gasteiger partial charge in [-0.05, 0) is 6.07 Å². The highest BCUT2D eigenvalue weighted by Crippen LogP contribution is 2.24. The van der Waals surface area contributed by atoms with Crippen molar-refractivity contribution in [2.45, 2.75) is 6.54 Å². The van der Waals surface area contributed by atoms with Crippen LogP contribution < -0.4 is 10.1 Å². The molecule has 0 amide bonds. The van der Waals surface area contributed by atoms with Gasteiger partial charge in [-0.2, -0.15) is 0 Å². The summed E-state index contributed by atoms with van der Waals surface area (Å²) in [6, 6.07) is 4.94. The number of hydrogen-bond donors (Lipinski definition) is 1. The standard InChI is InChI=1S/C13H10F4N2O/c1-20-10-4-2-3-7(19-10)6-18-13-11(16)8(14)5-9(15)12(13)17/h2-5,18H,6H2,1H3. The Morgan fingerprint density at radius 1 is 1.10 bits per heavy atom. The average molecular weight is 286 g/mol. The minimum atomic E-state index is -1.48. The first-order valence-electron chi connectivity index (χ1n) is 5.59. The predicted octanol–water partition coefficient (Wildman–Crippen LogP) is 3.26. The summed E-state index contributed by atoms with van der Waals surface area (Å²) >= 11 is 0. The summed E-state index contributed by atoms with van der Waals surface area (Å²) in [6.07, 6.45) is 0. The summed E-state index contributed by atoms with van der Waals surface area (Å²) in [5, 5.41) is 2.28. The van der Waals surface area contributed by atoms with Crippen LogP contribution in [-0.2, 0) is 6.54 Å². The normalized spacial score (nSPS) is 10.4. The molecular formula is C13H10F4N2O. The van der Waals surface area contributed by atoms with Crippen LogP contribution in [0.2, 0.25) is 0 Å². The number of aromatic nitrogens is 1. The van der Waals surface area contributed by atoms with E-state index in [0.29, 0.717) is 11.6 Å². The largest absolute Gasteiger partial charge is 0.481 e. The maximum Gasteiger partial charge on any atom is 0.213 e. The maximum absolute atomic E-state index is 13.4. The molecule has 1 aromatic carbocycles. The van der Waals surface area contributed by atoms with E-state index in [1.165, 1.54) is 7.11 Å². The highest BCUT2D eigenvalue weighted by molar-refractivity contribution is 5.47. The van der Waals surface area contributed by atoms with Crippen LogP contribution in [0.3, 0.4) is 0 Å². The average Bonchev–Trinajstić information content (AvgIpc) is 2.45. The minimum absolute atomic E-state index is 0.117. The predicted molar refractivity (Wildman–Crippen MR) is 64.4 cm³/mol. The van der Waals surface area contributed by atoms with Crippen molar-refractivity contribution in [1.29, 1.82) is 0 Å². The van der Waals surface area contributed by atoms with E-state index in [-0.39, 0.29) is 12.6 Å². The number of methoxy groups -OCH3 is 1. The van der Waals surface area contributed by atoms with Crippen molar-refractivity contribution in [1.82, 2.24) is 4.98 Å². The Kier molecular flexibility index (Phi) is 4.07. The molecule has 0 fully saturated rings. The zero-order chi connectivity index (χ0) is 14.7. The van der Waals surface area contributed by atoms with Crippen molar-refractivity contribution in [2.75, 3.05) is 12.4 Å². The lowest BCUT2D eigenvalue weighted by Gasteiger charge is -2.10. The SMILES string of the molecule is COc1cccc(CNc2c(F)c(F)cc(F)c2F)n1. The number of rotatable bonds is 4. The highest BCUT2D eigenvalue weighted by Gasteiger charge is 2.18. The van der Waals surface area contributed by atoms with E-state index >= 15 is 0 Å². The van der Waals surface area contributed by atoms with Crippen molar-refractivity contribution >= 4 is 5.69 Å². The van der Waals surface area contributed by atoms with Gasteiger partial charge in [-0.3, -0.25) is 0 Å². The van der Waals surface area contributed by atoms with Crippen LogP contribution in [-0.4, -0.2) is 12.1 Å². The molecule has 0 unspecified atom stereocenters. The van der Waals surface area contributed by atoms with Gasteiger partial charge in [-0.15, -0.1) is 0 Å². The van der Waals surface area contributed by atoms with Gasteiger partial charge in [0, 0.05) is 12.1 Å². The lowest BCUT2D eigenvalue weighted by Crippen LogP contribution is -2.08. The smallest absolute Gasteiger partial charge is 0.213 e. The summed E-state index contributed by atoms with van der Waals surface area (Å²) in [7, 11) is 1.42. The van der Waals surface area contributed by atoms with Gasteiger partial charge in [-0.1, -0.05) is 6.07 Å². The highest BCUT2D eigenvalue weighted by atomic mass is 19.2. The van der Waals surface area contributed by atoms with Crippen molar-refractivity contribution in [3.05, 3.63) is 53.2 Å². The molecular weight excluding hydrogens is 276 g/mol. The third kappa shape index (κ3) is 2.81. The second-order valence-electron chi connectivity index (χ2n) is 3.87. The number of hydrogen-bond acceptors (Lipinski definition) is 3. The van der Waals surface area contributed by atoms with Gasteiger partial charge in [0.2, 0.25) is 5.88 Å². The number of ether oxygens (including phenoxy) is 1. The van der Waals surface area contributed by atoms with Crippen molar-refractivity contribution in [2.24, 2.45) is 0 Å². The van der Waals surface area contributed by atoms with Crippen LogP contribution in [0.15, 0.2) is 24.3 Å². The molecule has 106 valence electrons. The first-order chi connectivity index (χ1) is 9.52. The molecule has 0 bridgehead atoms. The molecule has 7 heteroatoms. The van der Waals surface area contributed by atoms with Crippen molar-refractivity contribution < 1.29 is 22.3 Å². The Bertz CT molecular complexity index is 608. The molecule has 1 aromatic heterocycles. The number of anilines is 1.